The summed E-state index contributed by atoms with van der Waals surface area (Å²) in [5.74, 6) is -1.44. The van der Waals surface area contributed by atoms with E-state index in [2.05, 4.69) is 10.8 Å². The molecule has 5 atom stereocenters. The number of nitrogens with zero attached hydrogens (tertiary/aromatic N) is 1. The Morgan fingerprint density at radius 2 is 1.64 bits per heavy atom. The maximum Gasteiger partial charge on any atom is 0.573 e. The SMILES string of the molecule is CC1=CCC[C@@]2(C)[C@@H](CC[C@@]2(O)CN(Cc2ccc(OC(F)(F)F)cc2)C[C@@H](O)COCc2ccccc2)c2ccc(cc2C(=O)c2cccc(C(F)(F)F)c2)C[C@@H](O)CC1. The van der Waals surface area contributed by atoms with Gasteiger partial charge in [-0.15, -0.1) is 13.2 Å². The summed E-state index contributed by atoms with van der Waals surface area (Å²) < 4.78 is 90.3. The Morgan fingerprint density at radius 3 is 2.34 bits per heavy atom. The Balaban J connectivity index is 1.36. The first-order chi connectivity index (χ1) is 28.8. The summed E-state index contributed by atoms with van der Waals surface area (Å²) in [6.45, 7) is 4.39. The number of aliphatic hydroxyl groups is 3. The molecule has 7 rings (SSSR count). The number of hydrogen-bond acceptors (Lipinski definition) is 7. The number of halogens is 6. The number of benzene rings is 4. The van der Waals surface area contributed by atoms with E-state index in [-0.39, 0.29) is 62.6 Å². The van der Waals surface area contributed by atoms with Crippen LogP contribution in [0.25, 0.3) is 0 Å². The molecule has 13 heteroatoms. The third-order valence-electron chi connectivity index (χ3n) is 12.3. The number of allylic oxidation sites excluding steroid dienone is 2. The van der Waals surface area contributed by atoms with Gasteiger partial charge in [0.05, 0.1) is 36.6 Å². The molecule has 0 heterocycles. The van der Waals surface area contributed by atoms with Crippen LogP contribution in [-0.4, -0.2) is 69.9 Å². The van der Waals surface area contributed by atoms with Gasteiger partial charge in [0.2, 0.25) is 0 Å². The molecule has 3 aliphatic carbocycles. The highest BCUT2D eigenvalue weighted by atomic mass is 19.4. The van der Waals surface area contributed by atoms with Crippen molar-refractivity contribution in [1.82, 2.24) is 4.90 Å². The van der Waals surface area contributed by atoms with Crippen molar-refractivity contribution >= 4 is 5.78 Å². The van der Waals surface area contributed by atoms with Gasteiger partial charge in [-0.3, -0.25) is 9.69 Å². The molecule has 3 aliphatic rings. The smallest absolute Gasteiger partial charge is 0.406 e. The van der Waals surface area contributed by atoms with Crippen molar-refractivity contribution in [3.63, 3.8) is 0 Å². The van der Waals surface area contributed by atoms with Gasteiger partial charge in [0, 0.05) is 36.2 Å². The van der Waals surface area contributed by atoms with E-state index in [1.165, 1.54) is 36.4 Å². The molecule has 4 aromatic carbocycles. The van der Waals surface area contributed by atoms with E-state index in [9.17, 15) is 46.5 Å². The summed E-state index contributed by atoms with van der Waals surface area (Å²) in [5, 5.41) is 35.3. The van der Waals surface area contributed by atoms with Gasteiger partial charge in [0.1, 0.15) is 5.75 Å². The predicted octanol–water partition coefficient (Wildman–Crippen LogP) is 9.95. The first-order valence-corrected chi connectivity index (χ1v) is 20.6. The second-order valence-corrected chi connectivity index (χ2v) is 16.9. The maximum absolute atomic E-state index is 14.4. The Morgan fingerprint density at radius 1 is 0.902 bits per heavy atom. The molecule has 3 N–H and O–H groups in total. The lowest BCUT2D eigenvalue weighted by molar-refractivity contribution is -0.274. The van der Waals surface area contributed by atoms with Crippen LogP contribution in [0.5, 0.6) is 5.75 Å². The van der Waals surface area contributed by atoms with Gasteiger partial charge in [-0.25, -0.2) is 0 Å². The quantitative estimate of drug-likeness (QED) is 0.0700. The van der Waals surface area contributed by atoms with Crippen molar-refractivity contribution in [2.75, 3.05) is 19.7 Å². The van der Waals surface area contributed by atoms with Crippen LogP contribution in [0.4, 0.5) is 26.3 Å². The molecular formula is C48H53F6NO6. The zero-order valence-corrected chi connectivity index (χ0v) is 34.3. The molecular weight excluding hydrogens is 801 g/mol. The molecule has 0 aromatic heterocycles. The van der Waals surface area contributed by atoms with Crippen molar-refractivity contribution in [1.29, 1.82) is 0 Å². The first-order valence-electron chi connectivity index (χ1n) is 20.6. The summed E-state index contributed by atoms with van der Waals surface area (Å²) in [6, 6.07) is 24.5. The van der Waals surface area contributed by atoms with E-state index in [1.54, 1.807) is 12.1 Å². The number of alkyl halides is 6. The van der Waals surface area contributed by atoms with Crippen LogP contribution in [0, 0.1) is 5.41 Å². The predicted molar refractivity (Wildman–Crippen MR) is 219 cm³/mol. The van der Waals surface area contributed by atoms with E-state index in [0.29, 0.717) is 48.8 Å². The summed E-state index contributed by atoms with van der Waals surface area (Å²) in [7, 11) is 0. The lowest BCUT2D eigenvalue weighted by Crippen LogP contribution is -2.53. The van der Waals surface area contributed by atoms with E-state index < -0.39 is 53.0 Å². The molecule has 0 amide bonds. The number of carbonyl (C=O) groups excluding carboxylic acids is 1. The van der Waals surface area contributed by atoms with Crippen LogP contribution < -0.4 is 4.74 Å². The van der Waals surface area contributed by atoms with Crippen molar-refractivity contribution in [3.05, 3.63) is 148 Å². The van der Waals surface area contributed by atoms with Crippen LogP contribution >= 0.6 is 0 Å². The normalized spacial score (nSPS) is 23.0. The molecule has 328 valence electrons. The minimum Gasteiger partial charge on any atom is -0.406 e. The number of fused-ring (bicyclic) bond motifs is 8. The van der Waals surface area contributed by atoms with Crippen LogP contribution in [0.1, 0.15) is 102 Å². The maximum atomic E-state index is 14.4. The molecule has 1 fully saturated rings. The zero-order chi connectivity index (χ0) is 44.0. The highest BCUT2D eigenvalue weighted by molar-refractivity contribution is 6.10. The molecule has 2 bridgehead atoms. The van der Waals surface area contributed by atoms with Crippen LogP contribution in [0.15, 0.2) is 109 Å². The summed E-state index contributed by atoms with van der Waals surface area (Å²) >= 11 is 0. The van der Waals surface area contributed by atoms with Gasteiger partial charge >= 0.3 is 12.5 Å². The monoisotopic (exact) mass is 853 g/mol. The fourth-order valence-corrected chi connectivity index (χ4v) is 9.04. The number of aliphatic hydroxyl groups excluding tert-OH is 2. The lowest BCUT2D eigenvalue weighted by Gasteiger charge is -2.46. The molecule has 61 heavy (non-hydrogen) atoms. The number of ether oxygens (including phenoxy) is 2. The Labute approximate surface area is 352 Å². The second-order valence-electron chi connectivity index (χ2n) is 16.9. The van der Waals surface area contributed by atoms with Crippen LogP contribution in [0.2, 0.25) is 0 Å². The molecule has 0 radical (unpaired) electrons. The van der Waals surface area contributed by atoms with Gasteiger partial charge in [0.25, 0.3) is 0 Å². The first kappa shape index (κ1) is 46.0. The Hall–Kier alpha value is -4.53. The standard InChI is InChI=1S/C48H53F6NO6/c1-32-8-7-22-45(2)43(41-20-16-35(24-38(56)17-13-32)25-42(41)44(58)36-11-6-12-37(26-36)47(49,50)51)21-23-46(45,59)31-55(27-33-14-18-40(19-15-33)61-48(52,53)54)28-39(57)30-60-29-34-9-4-3-5-10-34/h3-6,8-12,14-16,18-20,25-26,38-39,43,56-57,59H,7,13,17,21-24,27-31H2,1-2H3/t38-,39+,43-,45-,46+/m0/s1. The van der Waals surface area contributed by atoms with Gasteiger partial charge < -0.3 is 24.8 Å². The minimum absolute atomic E-state index is 0.0282. The van der Waals surface area contributed by atoms with Crippen molar-refractivity contribution < 1.29 is 55.9 Å². The highest BCUT2D eigenvalue weighted by Gasteiger charge is 2.57. The van der Waals surface area contributed by atoms with Gasteiger partial charge in [-0.2, -0.15) is 13.2 Å². The second kappa shape index (κ2) is 19.2. The summed E-state index contributed by atoms with van der Waals surface area (Å²) in [4.78, 5) is 16.3. The highest BCUT2D eigenvalue weighted by Crippen LogP contribution is 2.59. The molecule has 0 spiro atoms. The molecule has 0 unspecified atom stereocenters. The van der Waals surface area contributed by atoms with Crippen LogP contribution in [-0.2, 0) is 30.5 Å². The molecule has 0 aliphatic heterocycles. The van der Waals surface area contributed by atoms with E-state index in [4.69, 9.17) is 4.74 Å². The number of carbonyl (C=O) groups is 1. The van der Waals surface area contributed by atoms with Crippen molar-refractivity contribution in [2.45, 2.75) is 108 Å². The average molecular weight is 854 g/mol. The zero-order valence-electron chi connectivity index (χ0n) is 34.3. The van der Waals surface area contributed by atoms with Gasteiger partial charge in [-0.05, 0) is 110 Å². The topological polar surface area (TPSA) is 99.5 Å². The minimum atomic E-state index is -4.87. The molecule has 4 aromatic rings. The third-order valence-corrected chi connectivity index (χ3v) is 12.3. The van der Waals surface area contributed by atoms with Gasteiger partial charge in [-0.1, -0.05) is 85.3 Å². The van der Waals surface area contributed by atoms with Crippen molar-refractivity contribution in [2.24, 2.45) is 5.41 Å². The number of rotatable bonds is 13. The summed E-state index contributed by atoms with van der Waals surface area (Å²) in [6.07, 6.45) is -6.19. The molecule has 7 nitrogen and oxygen atoms in total. The van der Waals surface area contributed by atoms with E-state index >= 15 is 0 Å². The third kappa shape index (κ3) is 11.9. The Kier molecular flexibility index (Phi) is 14.5. The largest absolute Gasteiger partial charge is 0.573 e. The average Bonchev–Trinajstić information content (AvgIpc) is 3.45. The van der Waals surface area contributed by atoms with E-state index in [0.717, 1.165) is 23.3 Å². The lowest BCUT2D eigenvalue weighted by atomic mass is 9.64. The number of hydrogen-bond donors (Lipinski definition) is 3. The van der Waals surface area contributed by atoms with Crippen molar-refractivity contribution in [3.8, 4) is 5.75 Å². The number of ketones is 1. The fraction of sp³-hybridized carbons (Fsp3) is 0.438. The molecule has 0 saturated heterocycles. The Bertz CT molecular complexity index is 2120. The molecule has 1 saturated carbocycles. The van der Waals surface area contributed by atoms with Crippen LogP contribution in [0.3, 0.4) is 0 Å². The van der Waals surface area contributed by atoms with Gasteiger partial charge in [0.15, 0.2) is 5.78 Å². The fourth-order valence-electron chi connectivity index (χ4n) is 9.04. The van der Waals surface area contributed by atoms with E-state index in [1.807, 2.05) is 55.1 Å². The summed E-state index contributed by atoms with van der Waals surface area (Å²) in [5.41, 5.74) is 0.561.